The first kappa shape index (κ1) is 18.8. The van der Waals surface area contributed by atoms with Crippen molar-refractivity contribution in [2.75, 3.05) is 5.32 Å². The third kappa shape index (κ3) is 5.04. The first-order valence-electron chi connectivity index (χ1n) is 7.86. The van der Waals surface area contributed by atoms with Crippen LogP contribution < -0.4 is 10.1 Å². The van der Waals surface area contributed by atoms with E-state index in [9.17, 15) is 4.39 Å². The molecule has 0 spiro atoms. The molecule has 134 valence electrons. The van der Waals surface area contributed by atoms with Crippen molar-refractivity contribution in [2.45, 2.75) is 13.2 Å². The van der Waals surface area contributed by atoms with Gasteiger partial charge in [0.2, 0.25) is 0 Å². The normalized spacial score (nSPS) is 10.6. The third-order valence-electron chi connectivity index (χ3n) is 3.73. The first-order chi connectivity index (χ1) is 12.5. The molecule has 0 atom stereocenters. The maximum absolute atomic E-state index is 13.0. The van der Waals surface area contributed by atoms with Crippen molar-refractivity contribution < 1.29 is 9.13 Å². The van der Waals surface area contributed by atoms with Gasteiger partial charge in [-0.05, 0) is 54.1 Å². The lowest BCUT2D eigenvalue weighted by atomic mass is 10.2. The quantitative estimate of drug-likeness (QED) is 0.473. The lowest BCUT2D eigenvalue weighted by Crippen LogP contribution is -2.04. The van der Waals surface area contributed by atoms with Gasteiger partial charge in [0.1, 0.15) is 18.2 Å². The molecule has 0 aromatic heterocycles. The smallest absolute Gasteiger partial charge is 0.124 e. The van der Waals surface area contributed by atoms with Crippen molar-refractivity contribution in [1.29, 1.82) is 0 Å². The Morgan fingerprint density at radius 2 is 1.54 bits per heavy atom. The predicted molar refractivity (Wildman–Crippen MR) is 106 cm³/mol. The van der Waals surface area contributed by atoms with E-state index >= 15 is 0 Å². The zero-order valence-electron chi connectivity index (χ0n) is 13.6. The van der Waals surface area contributed by atoms with Crippen LogP contribution in [0.15, 0.2) is 60.7 Å². The predicted octanol–water partition coefficient (Wildman–Crippen LogP) is 6.98. The second kappa shape index (κ2) is 8.63. The van der Waals surface area contributed by atoms with Gasteiger partial charge in [0.15, 0.2) is 0 Å². The molecule has 26 heavy (non-hydrogen) atoms. The lowest BCUT2D eigenvalue weighted by Gasteiger charge is -2.14. The van der Waals surface area contributed by atoms with Crippen molar-refractivity contribution in [1.82, 2.24) is 0 Å². The Labute approximate surface area is 166 Å². The average molecular weight is 411 g/mol. The second-order valence-electron chi connectivity index (χ2n) is 5.64. The lowest BCUT2D eigenvalue weighted by molar-refractivity contribution is 0.303. The zero-order valence-corrected chi connectivity index (χ0v) is 15.9. The highest BCUT2D eigenvalue weighted by Crippen LogP contribution is 2.28. The van der Waals surface area contributed by atoms with E-state index in [4.69, 9.17) is 39.5 Å². The molecule has 0 aliphatic heterocycles. The topological polar surface area (TPSA) is 21.3 Å². The van der Waals surface area contributed by atoms with Crippen molar-refractivity contribution in [3.63, 3.8) is 0 Å². The molecular weight excluding hydrogens is 396 g/mol. The van der Waals surface area contributed by atoms with Crippen LogP contribution in [0.3, 0.4) is 0 Å². The van der Waals surface area contributed by atoms with E-state index in [1.165, 1.54) is 12.1 Å². The van der Waals surface area contributed by atoms with Gasteiger partial charge in [0.25, 0.3) is 0 Å². The molecule has 0 saturated carbocycles. The molecular formula is C20H15Cl3FNO. The standard InChI is InChI=1S/C20H15Cl3FNO/c21-15-4-8-20(26-12-13-1-5-17(24)6-2-13)14(9-15)11-25-19-7-3-16(22)10-18(19)23/h1-10,25H,11-12H2. The molecule has 3 aromatic carbocycles. The number of anilines is 1. The molecule has 0 aliphatic rings. The first-order valence-corrected chi connectivity index (χ1v) is 8.99. The Bertz CT molecular complexity index is 900. The number of halogens is 4. The van der Waals surface area contributed by atoms with E-state index in [1.54, 1.807) is 30.3 Å². The number of benzene rings is 3. The van der Waals surface area contributed by atoms with Gasteiger partial charge in [-0.25, -0.2) is 4.39 Å². The molecule has 1 N–H and O–H groups in total. The van der Waals surface area contributed by atoms with E-state index in [2.05, 4.69) is 5.32 Å². The van der Waals surface area contributed by atoms with Crippen LogP contribution in [0.5, 0.6) is 5.75 Å². The van der Waals surface area contributed by atoms with Gasteiger partial charge in [-0.2, -0.15) is 0 Å². The minimum atomic E-state index is -0.273. The number of hydrogen-bond acceptors (Lipinski definition) is 2. The number of ether oxygens (including phenoxy) is 1. The minimum absolute atomic E-state index is 0.273. The zero-order chi connectivity index (χ0) is 18.5. The van der Waals surface area contributed by atoms with Crippen molar-refractivity contribution in [3.8, 4) is 5.75 Å². The van der Waals surface area contributed by atoms with Gasteiger partial charge in [0, 0.05) is 22.2 Å². The largest absolute Gasteiger partial charge is 0.489 e. The Morgan fingerprint density at radius 1 is 0.846 bits per heavy atom. The fraction of sp³-hybridized carbons (Fsp3) is 0.100. The summed E-state index contributed by atoms with van der Waals surface area (Å²) in [6.07, 6.45) is 0. The van der Waals surface area contributed by atoms with Crippen molar-refractivity contribution in [2.24, 2.45) is 0 Å². The van der Waals surface area contributed by atoms with E-state index in [0.717, 1.165) is 16.8 Å². The molecule has 0 unspecified atom stereocenters. The monoisotopic (exact) mass is 409 g/mol. The van der Waals surface area contributed by atoms with Gasteiger partial charge < -0.3 is 10.1 Å². The molecule has 0 aliphatic carbocycles. The molecule has 6 heteroatoms. The molecule has 0 amide bonds. The fourth-order valence-electron chi connectivity index (χ4n) is 2.39. The second-order valence-corrected chi connectivity index (χ2v) is 6.92. The molecule has 3 aromatic rings. The van der Waals surface area contributed by atoms with Crippen molar-refractivity contribution in [3.05, 3.63) is 92.7 Å². The Kier molecular flexibility index (Phi) is 6.25. The molecule has 3 rings (SSSR count). The summed E-state index contributed by atoms with van der Waals surface area (Å²) in [7, 11) is 0. The van der Waals surface area contributed by atoms with Crippen LogP contribution >= 0.6 is 34.8 Å². The highest BCUT2D eigenvalue weighted by Gasteiger charge is 2.08. The highest BCUT2D eigenvalue weighted by atomic mass is 35.5. The molecule has 0 fully saturated rings. The SMILES string of the molecule is Fc1ccc(COc2ccc(Cl)cc2CNc2ccc(Cl)cc2Cl)cc1. The van der Waals surface area contributed by atoms with Crippen molar-refractivity contribution >= 4 is 40.5 Å². The summed E-state index contributed by atoms with van der Waals surface area (Å²) in [5.41, 5.74) is 2.52. The Balaban J connectivity index is 1.71. The third-order valence-corrected chi connectivity index (χ3v) is 4.51. The van der Waals surface area contributed by atoms with Gasteiger partial charge in [-0.1, -0.05) is 46.9 Å². The van der Waals surface area contributed by atoms with Gasteiger partial charge in [0.05, 0.1) is 10.7 Å². The summed E-state index contributed by atoms with van der Waals surface area (Å²) in [4.78, 5) is 0. The van der Waals surface area contributed by atoms with Crippen LogP contribution in [0.25, 0.3) is 0 Å². The number of nitrogens with one attached hydrogen (secondary N) is 1. The number of rotatable bonds is 6. The van der Waals surface area contributed by atoms with Gasteiger partial charge in [-0.15, -0.1) is 0 Å². The van der Waals surface area contributed by atoms with Crippen LogP contribution in [-0.4, -0.2) is 0 Å². The van der Waals surface area contributed by atoms with E-state index in [-0.39, 0.29) is 5.82 Å². The minimum Gasteiger partial charge on any atom is -0.489 e. The summed E-state index contributed by atoms with van der Waals surface area (Å²) in [6.45, 7) is 0.803. The molecule has 0 saturated heterocycles. The summed E-state index contributed by atoms with van der Waals surface area (Å²) >= 11 is 18.2. The van der Waals surface area contributed by atoms with E-state index in [1.807, 2.05) is 18.2 Å². The molecule has 0 bridgehead atoms. The summed E-state index contributed by atoms with van der Waals surface area (Å²) < 4.78 is 18.9. The van der Waals surface area contributed by atoms with Gasteiger partial charge in [-0.3, -0.25) is 0 Å². The molecule has 0 radical (unpaired) electrons. The maximum Gasteiger partial charge on any atom is 0.124 e. The van der Waals surface area contributed by atoms with Gasteiger partial charge >= 0.3 is 0 Å². The van der Waals surface area contributed by atoms with Crippen LogP contribution in [0, 0.1) is 5.82 Å². The Hall–Kier alpha value is -1.94. The van der Waals surface area contributed by atoms with Crippen LogP contribution in [0.4, 0.5) is 10.1 Å². The number of hydrogen-bond donors (Lipinski definition) is 1. The van der Waals surface area contributed by atoms with Crippen LogP contribution in [-0.2, 0) is 13.2 Å². The highest BCUT2D eigenvalue weighted by molar-refractivity contribution is 6.36. The Morgan fingerprint density at radius 3 is 2.27 bits per heavy atom. The average Bonchev–Trinajstić information content (AvgIpc) is 2.61. The summed E-state index contributed by atoms with van der Waals surface area (Å²) in [5, 5.41) is 4.97. The molecule has 2 nitrogen and oxygen atoms in total. The van der Waals surface area contributed by atoms with Crippen LogP contribution in [0.2, 0.25) is 15.1 Å². The molecule has 0 heterocycles. The van der Waals surface area contributed by atoms with E-state index in [0.29, 0.717) is 34.0 Å². The van der Waals surface area contributed by atoms with Crippen LogP contribution in [0.1, 0.15) is 11.1 Å². The maximum atomic E-state index is 13.0. The summed E-state index contributed by atoms with van der Waals surface area (Å²) in [6, 6.07) is 16.9. The summed E-state index contributed by atoms with van der Waals surface area (Å²) in [5.74, 6) is 0.418. The van der Waals surface area contributed by atoms with E-state index < -0.39 is 0 Å². The fourth-order valence-corrected chi connectivity index (χ4v) is 3.06.